The number of hydrogen-bond acceptors (Lipinski definition) is 4. The first-order valence-electron chi connectivity index (χ1n) is 7.05. The van der Waals surface area contributed by atoms with E-state index in [0.717, 1.165) is 0 Å². The molecule has 2 heterocycles. The quantitative estimate of drug-likeness (QED) is 0.248. The van der Waals surface area contributed by atoms with Crippen LogP contribution in [0.3, 0.4) is 0 Å². The molecule has 2 rings (SSSR count). The van der Waals surface area contributed by atoms with Crippen molar-refractivity contribution in [2.24, 2.45) is 0 Å². The molecule has 134 valence electrons. The van der Waals surface area contributed by atoms with Gasteiger partial charge in [-0.3, -0.25) is 9.59 Å². The average molecular weight is 408 g/mol. The van der Waals surface area contributed by atoms with E-state index < -0.39 is 12.2 Å². The molecule has 5 nitrogen and oxygen atoms in total. The fourth-order valence-corrected chi connectivity index (χ4v) is 2.74. The number of rotatable bonds is 7. The molecule has 1 aliphatic heterocycles. The van der Waals surface area contributed by atoms with Crippen molar-refractivity contribution in [2.75, 3.05) is 13.1 Å². The van der Waals surface area contributed by atoms with Crippen molar-refractivity contribution in [1.29, 1.82) is 0 Å². The minimum atomic E-state index is -2.99. The van der Waals surface area contributed by atoms with Crippen LogP contribution in [0.1, 0.15) is 15.9 Å². The van der Waals surface area contributed by atoms with Gasteiger partial charge in [0.1, 0.15) is 5.15 Å². The number of nitrogens with zero attached hydrogens (tertiary/aromatic N) is 2. The van der Waals surface area contributed by atoms with E-state index in [1.807, 2.05) is 0 Å². The van der Waals surface area contributed by atoms with Crippen molar-refractivity contribution >= 4 is 44.6 Å². The molecule has 0 saturated carbocycles. The van der Waals surface area contributed by atoms with Crippen LogP contribution in [0.4, 0.5) is 8.78 Å². The molecule has 1 aromatic heterocycles. The minimum absolute atomic E-state index is 0.0589. The zero-order chi connectivity index (χ0) is 18.6. The zero-order valence-corrected chi connectivity index (χ0v) is 15.5. The third-order valence-electron chi connectivity index (χ3n) is 3.30. The van der Waals surface area contributed by atoms with Gasteiger partial charge in [-0.2, -0.15) is 0 Å². The van der Waals surface area contributed by atoms with Crippen LogP contribution in [-0.4, -0.2) is 40.8 Å². The van der Waals surface area contributed by atoms with E-state index in [2.05, 4.69) is 10.3 Å². The second kappa shape index (κ2) is 8.21. The molecule has 25 heavy (non-hydrogen) atoms. The molecule has 1 aliphatic rings. The number of aldehydes is 1. The number of amides is 1. The fourth-order valence-electron chi connectivity index (χ4n) is 2.26. The Morgan fingerprint density at radius 3 is 2.84 bits per heavy atom. The summed E-state index contributed by atoms with van der Waals surface area (Å²) in [6.45, 7) is -0.342. The first-order valence-corrected chi connectivity index (χ1v) is 8.39. The summed E-state index contributed by atoms with van der Waals surface area (Å²) in [7, 11) is 1.41. The molecule has 0 aromatic carbocycles. The van der Waals surface area contributed by atoms with E-state index in [-0.39, 0.29) is 29.2 Å². The maximum Gasteiger partial charge on any atom is 0.275 e. The second-order valence-corrected chi connectivity index (χ2v) is 6.94. The Morgan fingerprint density at radius 2 is 2.24 bits per heavy atom. The summed E-state index contributed by atoms with van der Waals surface area (Å²) in [5.41, 5.74) is -1.56. The number of fused-ring (bicyclic) bond motifs is 1. The van der Waals surface area contributed by atoms with Gasteiger partial charge in [0, 0.05) is 30.1 Å². The molecule has 1 N–H and O–H groups in total. The lowest BCUT2D eigenvalue weighted by Gasteiger charge is -2.17. The molecular formula is C15H14Cl2F2N3O2P. The summed E-state index contributed by atoms with van der Waals surface area (Å²) in [5, 5.41) is 2.57. The Hall–Kier alpha value is -1.56. The van der Waals surface area contributed by atoms with Gasteiger partial charge in [-0.15, -0.1) is 0 Å². The predicted molar refractivity (Wildman–Crippen MR) is 94.7 cm³/mol. The Morgan fingerprint density at radius 1 is 1.52 bits per heavy atom. The number of carbonyl (C=O) groups is 2. The Balaban J connectivity index is 2.17. The third-order valence-corrected chi connectivity index (χ3v) is 4.03. The van der Waals surface area contributed by atoms with Gasteiger partial charge in [-0.25, -0.2) is 13.8 Å². The number of carbonyl (C=O) groups excluding carboxylic acids is 2. The highest BCUT2D eigenvalue weighted by molar-refractivity contribution is 7.18. The standard InChI is InChI=1S/C15H14Cl2F2N3O2P/c16-10(7-23)3-9(4-20-8-15(18,19)25)5-22-6-12-11(14(22)24)1-2-21-13(12)17/h1-4,7,20H,5-6,8,25H2. The molecule has 0 radical (unpaired) electrons. The number of hydrogen-bond donors (Lipinski definition) is 1. The van der Waals surface area contributed by atoms with Crippen molar-refractivity contribution in [3.63, 3.8) is 0 Å². The maximum absolute atomic E-state index is 12.9. The van der Waals surface area contributed by atoms with Crippen LogP contribution in [0.25, 0.3) is 0 Å². The van der Waals surface area contributed by atoms with E-state index >= 15 is 0 Å². The molecule has 1 atom stereocenters. The summed E-state index contributed by atoms with van der Waals surface area (Å²) in [6.07, 6.45) is 4.45. The monoisotopic (exact) mass is 407 g/mol. The van der Waals surface area contributed by atoms with E-state index in [4.69, 9.17) is 23.2 Å². The lowest BCUT2D eigenvalue weighted by atomic mass is 10.2. The number of pyridine rings is 1. The molecule has 1 unspecified atom stereocenters. The molecule has 0 spiro atoms. The molecular weight excluding hydrogens is 394 g/mol. The van der Waals surface area contributed by atoms with Crippen molar-refractivity contribution in [1.82, 2.24) is 15.2 Å². The summed E-state index contributed by atoms with van der Waals surface area (Å²) in [5.74, 6) is -0.266. The van der Waals surface area contributed by atoms with Crippen LogP contribution in [0.2, 0.25) is 5.15 Å². The minimum Gasteiger partial charge on any atom is -0.384 e. The van der Waals surface area contributed by atoms with Crippen molar-refractivity contribution in [2.45, 2.75) is 12.2 Å². The third kappa shape index (κ3) is 5.46. The number of nitrogens with one attached hydrogen (secondary N) is 1. The molecule has 1 aromatic rings. The summed E-state index contributed by atoms with van der Waals surface area (Å²) >= 11 is 11.7. The highest BCUT2D eigenvalue weighted by Crippen LogP contribution is 2.28. The van der Waals surface area contributed by atoms with Crippen molar-refractivity contribution in [3.05, 3.63) is 51.4 Å². The first kappa shape index (κ1) is 19.8. The van der Waals surface area contributed by atoms with E-state index in [0.29, 0.717) is 23.0 Å². The van der Waals surface area contributed by atoms with Crippen molar-refractivity contribution in [3.8, 4) is 0 Å². The van der Waals surface area contributed by atoms with Gasteiger partial charge in [0.25, 0.3) is 11.6 Å². The van der Waals surface area contributed by atoms with Crippen LogP contribution in [0, 0.1) is 0 Å². The SMILES string of the molecule is O=CC(Cl)=CC(=CNCC(F)(F)P)CN1Cc2c(ccnc2Cl)C1=O. The van der Waals surface area contributed by atoms with E-state index in [1.54, 1.807) is 6.07 Å². The molecule has 0 fully saturated rings. The Bertz CT molecular complexity index is 751. The lowest BCUT2D eigenvalue weighted by molar-refractivity contribution is -0.104. The smallest absolute Gasteiger partial charge is 0.275 e. The van der Waals surface area contributed by atoms with Gasteiger partial charge in [-0.05, 0) is 17.7 Å². The zero-order valence-electron chi connectivity index (χ0n) is 12.8. The Labute approximate surface area is 155 Å². The topological polar surface area (TPSA) is 62.3 Å². The van der Waals surface area contributed by atoms with Gasteiger partial charge in [0.2, 0.25) is 0 Å². The highest BCUT2D eigenvalue weighted by atomic mass is 35.5. The average Bonchev–Trinajstić information content (AvgIpc) is 2.84. The molecule has 10 heteroatoms. The second-order valence-electron chi connectivity index (χ2n) is 5.30. The normalized spacial score (nSPS) is 15.4. The van der Waals surface area contributed by atoms with Crippen molar-refractivity contribution < 1.29 is 18.4 Å². The number of allylic oxidation sites excluding steroid dienone is 1. The van der Waals surface area contributed by atoms with Crippen LogP contribution >= 0.6 is 32.4 Å². The van der Waals surface area contributed by atoms with E-state index in [9.17, 15) is 18.4 Å². The molecule has 1 amide bonds. The van der Waals surface area contributed by atoms with Gasteiger partial charge in [0.05, 0.1) is 18.1 Å². The summed E-state index contributed by atoms with van der Waals surface area (Å²) in [4.78, 5) is 28.5. The molecule has 0 aliphatic carbocycles. The van der Waals surface area contributed by atoms with Gasteiger partial charge in [0.15, 0.2) is 6.29 Å². The number of alkyl halides is 2. The lowest BCUT2D eigenvalue weighted by Crippen LogP contribution is -2.28. The van der Waals surface area contributed by atoms with Gasteiger partial charge in [-0.1, -0.05) is 32.4 Å². The molecule has 0 saturated heterocycles. The fraction of sp³-hybridized carbons (Fsp3) is 0.267. The number of halogens is 4. The largest absolute Gasteiger partial charge is 0.384 e. The summed E-state index contributed by atoms with van der Waals surface area (Å²) in [6, 6.07) is 1.56. The van der Waals surface area contributed by atoms with Crippen LogP contribution in [-0.2, 0) is 11.3 Å². The maximum atomic E-state index is 12.9. The number of aromatic nitrogens is 1. The van der Waals surface area contributed by atoms with Crippen LogP contribution in [0.5, 0.6) is 0 Å². The van der Waals surface area contributed by atoms with Crippen LogP contribution < -0.4 is 5.32 Å². The van der Waals surface area contributed by atoms with Gasteiger partial charge < -0.3 is 10.2 Å². The van der Waals surface area contributed by atoms with Crippen LogP contribution in [0.15, 0.2) is 35.1 Å². The first-order chi connectivity index (χ1) is 11.7. The summed E-state index contributed by atoms with van der Waals surface area (Å²) < 4.78 is 25.8. The Kier molecular flexibility index (Phi) is 6.49. The van der Waals surface area contributed by atoms with E-state index in [1.165, 1.54) is 32.6 Å². The van der Waals surface area contributed by atoms with Gasteiger partial charge >= 0.3 is 0 Å². The predicted octanol–water partition coefficient (Wildman–Crippen LogP) is 2.95. The molecule has 0 bridgehead atoms. The highest BCUT2D eigenvalue weighted by Gasteiger charge is 2.29.